The predicted octanol–water partition coefficient (Wildman–Crippen LogP) is 1.95. The first kappa shape index (κ1) is 15.5. The Morgan fingerprint density at radius 3 is 2.59 bits per heavy atom. The molecule has 0 bridgehead atoms. The van der Waals surface area contributed by atoms with Gasteiger partial charge in [-0.3, -0.25) is 9.59 Å². The Balaban J connectivity index is 1.86. The van der Waals surface area contributed by atoms with Gasteiger partial charge in [0.25, 0.3) is 5.91 Å². The smallest absolute Gasteiger partial charge is 0.338 e. The quantitative estimate of drug-likeness (QED) is 0.651. The molecular formula is C16H15NO5. The van der Waals surface area contributed by atoms with Crippen molar-refractivity contribution < 1.29 is 23.5 Å². The normalized spacial score (nSPS) is 11.5. The zero-order chi connectivity index (χ0) is 15.9. The minimum Gasteiger partial charge on any atom is -0.467 e. The summed E-state index contributed by atoms with van der Waals surface area (Å²) >= 11 is 0. The van der Waals surface area contributed by atoms with Gasteiger partial charge in [-0.1, -0.05) is 12.1 Å². The van der Waals surface area contributed by atoms with E-state index in [0.717, 1.165) is 0 Å². The van der Waals surface area contributed by atoms with Crippen molar-refractivity contribution in [3.05, 3.63) is 59.5 Å². The molecule has 2 aromatic rings. The standard InChI is InChI=1S/C16H15NO5/c1-11(15(19)17-9-14-3-2-8-21-14)22-16(20)13-6-4-12(10-18)5-7-13/h2-8,10-11H,9H2,1H3,(H,17,19). The van der Waals surface area contributed by atoms with Crippen molar-refractivity contribution in [1.82, 2.24) is 5.32 Å². The molecule has 114 valence electrons. The van der Waals surface area contributed by atoms with Crippen LogP contribution in [0.25, 0.3) is 0 Å². The Labute approximate surface area is 127 Å². The summed E-state index contributed by atoms with van der Waals surface area (Å²) in [4.78, 5) is 34.3. The summed E-state index contributed by atoms with van der Waals surface area (Å²) < 4.78 is 10.2. The molecule has 1 N–H and O–H groups in total. The number of ether oxygens (including phenoxy) is 1. The number of hydrogen-bond donors (Lipinski definition) is 1. The van der Waals surface area contributed by atoms with Crippen LogP contribution in [0.4, 0.5) is 0 Å². The van der Waals surface area contributed by atoms with Gasteiger partial charge in [-0.05, 0) is 31.2 Å². The summed E-state index contributed by atoms with van der Waals surface area (Å²) in [6, 6.07) is 9.40. The second-order valence-electron chi connectivity index (χ2n) is 4.58. The SMILES string of the molecule is CC(OC(=O)c1ccc(C=O)cc1)C(=O)NCc1ccco1. The van der Waals surface area contributed by atoms with Crippen LogP contribution in [0, 0.1) is 0 Å². The van der Waals surface area contributed by atoms with Gasteiger partial charge in [-0.2, -0.15) is 0 Å². The summed E-state index contributed by atoms with van der Waals surface area (Å²) in [6.07, 6.45) is 1.25. The van der Waals surface area contributed by atoms with Crippen molar-refractivity contribution in [1.29, 1.82) is 0 Å². The van der Waals surface area contributed by atoms with Crippen molar-refractivity contribution in [3.63, 3.8) is 0 Å². The van der Waals surface area contributed by atoms with E-state index in [2.05, 4.69) is 5.32 Å². The van der Waals surface area contributed by atoms with Crippen molar-refractivity contribution >= 4 is 18.2 Å². The van der Waals surface area contributed by atoms with Crippen LogP contribution >= 0.6 is 0 Å². The monoisotopic (exact) mass is 301 g/mol. The van der Waals surface area contributed by atoms with Gasteiger partial charge in [0.15, 0.2) is 6.10 Å². The average Bonchev–Trinajstić information content (AvgIpc) is 3.06. The number of benzene rings is 1. The number of amides is 1. The van der Waals surface area contributed by atoms with Crippen LogP contribution in [0.5, 0.6) is 0 Å². The number of nitrogens with one attached hydrogen (secondary N) is 1. The number of carbonyl (C=O) groups is 3. The van der Waals surface area contributed by atoms with Gasteiger partial charge in [0.05, 0.1) is 18.4 Å². The summed E-state index contributed by atoms with van der Waals surface area (Å²) in [6.45, 7) is 1.71. The lowest BCUT2D eigenvalue weighted by atomic mass is 10.1. The second-order valence-corrected chi connectivity index (χ2v) is 4.58. The van der Waals surface area contributed by atoms with Crippen LogP contribution in [0.2, 0.25) is 0 Å². The van der Waals surface area contributed by atoms with Gasteiger partial charge in [0, 0.05) is 5.56 Å². The highest BCUT2D eigenvalue weighted by atomic mass is 16.5. The molecule has 1 amide bonds. The first-order valence-electron chi connectivity index (χ1n) is 6.66. The molecule has 0 radical (unpaired) electrons. The lowest BCUT2D eigenvalue weighted by molar-refractivity contribution is -0.129. The maximum absolute atomic E-state index is 11.9. The first-order valence-corrected chi connectivity index (χ1v) is 6.66. The molecule has 1 aromatic carbocycles. The minimum absolute atomic E-state index is 0.224. The Kier molecular flexibility index (Phi) is 5.08. The molecule has 0 fully saturated rings. The van der Waals surface area contributed by atoms with Crippen molar-refractivity contribution in [2.75, 3.05) is 0 Å². The van der Waals surface area contributed by atoms with Crippen LogP contribution in [0.15, 0.2) is 47.1 Å². The molecule has 6 heteroatoms. The molecule has 0 aliphatic rings. The first-order chi connectivity index (χ1) is 10.6. The molecule has 0 saturated carbocycles. The number of aldehydes is 1. The Morgan fingerprint density at radius 2 is 2.00 bits per heavy atom. The van der Waals surface area contributed by atoms with Gasteiger partial charge in [-0.25, -0.2) is 4.79 Å². The van der Waals surface area contributed by atoms with E-state index in [-0.39, 0.29) is 12.1 Å². The number of hydrogen-bond acceptors (Lipinski definition) is 5. The van der Waals surface area contributed by atoms with E-state index >= 15 is 0 Å². The van der Waals surface area contributed by atoms with E-state index in [1.54, 1.807) is 12.1 Å². The molecule has 6 nitrogen and oxygen atoms in total. The minimum atomic E-state index is -0.937. The predicted molar refractivity (Wildman–Crippen MR) is 77.3 cm³/mol. The second kappa shape index (κ2) is 7.21. The number of esters is 1. The molecule has 22 heavy (non-hydrogen) atoms. The zero-order valence-electron chi connectivity index (χ0n) is 11.9. The lowest BCUT2D eigenvalue weighted by Crippen LogP contribution is -2.35. The maximum atomic E-state index is 11.9. The van der Waals surface area contributed by atoms with Crippen molar-refractivity contribution in [3.8, 4) is 0 Å². The Morgan fingerprint density at radius 1 is 1.27 bits per heavy atom. The molecule has 1 unspecified atom stereocenters. The lowest BCUT2D eigenvalue weighted by Gasteiger charge is -2.13. The molecule has 2 rings (SSSR count). The summed E-state index contributed by atoms with van der Waals surface area (Å²) in [5.41, 5.74) is 0.733. The van der Waals surface area contributed by atoms with E-state index in [4.69, 9.17) is 9.15 Å². The van der Waals surface area contributed by atoms with E-state index in [1.807, 2.05) is 0 Å². The van der Waals surface area contributed by atoms with Crippen LogP contribution in [-0.2, 0) is 16.1 Å². The van der Waals surface area contributed by atoms with Crippen LogP contribution in [0.3, 0.4) is 0 Å². The van der Waals surface area contributed by atoms with Gasteiger partial charge in [0.1, 0.15) is 12.0 Å². The highest BCUT2D eigenvalue weighted by Gasteiger charge is 2.18. The van der Waals surface area contributed by atoms with E-state index in [1.165, 1.54) is 37.5 Å². The third-order valence-corrected chi connectivity index (χ3v) is 2.95. The average molecular weight is 301 g/mol. The van der Waals surface area contributed by atoms with Gasteiger partial charge in [-0.15, -0.1) is 0 Å². The molecule has 0 aliphatic heterocycles. The molecule has 0 spiro atoms. The van der Waals surface area contributed by atoms with Gasteiger partial charge >= 0.3 is 5.97 Å². The summed E-state index contributed by atoms with van der Waals surface area (Å²) in [7, 11) is 0. The largest absolute Gasteiger partial charge is 0.467 e. The fraction of sp³-hybridized carbons (Fsp3) is 0.188. The van der Waals surface area contributed by atoms with Crippen molar-refractivity contribution in [2.24, 2.45) is 0 Å². The molecule has 1 heterocycles. The topological polar surface area (TPSA) is 85.6 Å². The molecule has 1 atom stereocenters. The Hall–Kier alpha value is -2.89. The molecular weight excluding hydrogens is 286 g/mol. The number of rotatable bonds is 6. The molecule has 0 saturated heterocycles. The van der Waals surface area contributed by atoms with Gasteiger partial charge < -0.3 is 14.5 Å². The van der Waals surface area contributed by atoms with Crippen LogP contribution < -0.4 is 5.32 Å². The van der Waals surface area contributed by atoms with E-state index < -0.39 is 18.0 Å². The fourth-order valence-electron chi connectivity index (χ4n) is 1.71. The molecule has 0 aliphatic carbocycles. The van der Waals surface area contributed by atoms with E-state index in [9.17, 15) is 14.4 Å². The van der Waals surface area contributed by atoms with Gasteiger partial charge in [0.2, 0.25) is 0 Å². The highest BCUT2D eigenvalue weighted by Crippen LogP contribution is 2.07. The van der Waals surface area contributed by atoms with Crippen molar-refractivity contribution in [2.45, 2.75) is 19.6 Å². The zero-order valence-corrected chi connectivity index (χ0v) is 11.9. The van der Waals surface area contributed by atoms with E-state index in [0.29, 0.717) is 17.6 Å². The summed E-state index contributed by atoms with van der Waals surface area (Å²) in [5, 5.41) is 2.60. The Bertz CT molecular complexity index is 646. The van der Waals surface area contributed by atoms with Crippen LogP contribution in [-0.4, -0.2) is 24.3 Å². The fourth-order valence-corrected chi connectivity index (χ4v) is 1.71. The maximum Gasteiger partial charge on any atom is 0.338 e. The number of furan rings is 1. The molecule has 1 aromatic heterocycles. The summed E-state index contributed by atoms with van der Waals surface area (Å²) in [5.74, 6) is -0.441. The number of carbonyl (C=O) groups excluding carboxylic acids is 3. The highest BCUT2D eigenvalue weighted by molar-refractivity contribution is 5.92. The third-order valence-electron chi connectivity index (χ3n) is 2.95. The van der Waals surface area contributed by atoms with Crippen LogP contribution in [0.1, 0.15) is 33.4 Å². The third kappa shape index (κ3) is 4.05.